The monoisotopic (exact) mass is 331 g/mol. The molecule has 3 rings (SSSR count). The predicted octanol–water partition coefficient (Wildman–Crippen LogP) is 0.873. The van der Waals surface area contributed by atoms with E-state index >= 15 is 0 Å². The Labute approximate surface area is 139 Å². The molecule has 128 valence electrons. The Morgan fingerprint density at radius 2 is 2.33 bits per heavy atom. The van der Waals surface area contributed by atoms with Crippen molar-refractivity contribution in [1.82, 2.24) is 25.5 Å². The van der Waals surface area contributed by atoms with Crippen molar-refractivity contribution in [3.05, 3.63) is 23.7 Å². The van der Waals surface area contributed by atoms with E-state index in [4.69, 9.17) is 0 Å². The van der Waals surface area contributed by atoms with Crippen molar-refractivity contribution in [3.8, 4) is 0 Å². The number of likely N-dealkylation sites (N-methyl/N-ethyl adjacent to an activating group) is 1. The molecule has 2 amide bonds. The normalized spacial score (nSPS) is 21.1. The zero-order valence-electron chi connectivity index (χ0n) is 13.8. The van der Waals surface area contributed by atoms with Crippen molar-refractivity contribution in [2.24, 2.45) is 16.4 Å². The summed E-state index contributed by atoms with van der Waals surface area (Å²) in [6, 6.07) is 1.95. The van der Waals surface area contributed by atoms with Gasteiger partial charge in [0.05, 0.1) is 5.69 Å². The number of aromatic nitrogens is 2. The second kappa shape index (κ2) is 6.81. The molecule has 0 spiro atoms. The second-order valence-corrected chi connectivity index (χ2v) is 6.23. The van der Waals surface area contributed by atoms with Crippen molar-refractivity contribution >= 4 is 17.9 Å². The summed E-state index contributed by atoms with van der Waals surface area (Å²) in [5.74, 6) is 0.499. The molecule has 0 radical (unpaired) electrons. The minimum Gasteiger partial charge on any atom is -0.348 e. The molecule has 1 aliphatic heterocycles. The predicted molar refractivity (Wildman–Crippen MR) is 85.9 cm³/mol. The average molecular weight is 331 g/mol. The summed E-state index contributed by atoms with van der Waals surface area (Å²) in [6.45, 7) is 2.87. The Bertz CT molecular complexity index is 690. The lowest BCUT2D eigenvalue weighted by Crippen LogP contribution is -2.42. The molecule has 9 heteroatoms. The summed E-state index contributed by atoms with van der Waals surface area (Å²) in [4.78, 5) is 22.7. The van der Waals surface area contributed by atoms with Crippen LogP contribution in [0.3, 0.4) is 0 Å². The Balaban J connectivity index is 1.90. The van der Waals surface area contributed by atoms with Crippen LogP contribution >= 0.6 is 0 Å². The lowest BCUT2D eigenvalue weighted by molar-refractivity contribution is -0.119. The number of nitrogens with one attached hydrogen (secondary N) is 2. The smallest absolute Gasteiger partial charge is 0.270 e. The van der Waals surface area contributed by atoms with E-state index < -0.39 is 0 Å². The van der Waals surface area contributed by atoms with Gasteiger partial charge < -0.3 is 5.32 Å². The first-order valence-corrected chi connectivity index (χ1v) is 8.00. The summed E-state index contributed by atoms with van der Waals surface area (Å²) >= 11 is 0. The summed E-state index contributed by atoms with van der Waals surface area (Å²) in [7, 11) is 1.61. The molecule has 2 aliphatic rings. The highest BCUT2D eigenvalue weighted by Gasteiger charge is 2.30. The van der Waals surface area contributed by atoms with Gasteiger partial charge in [0.1, 0.15) is 5.70 Å². The molecular formula is C15H21N7O2. The van der Waals surface area contributed by atoms with Crippen LogP contribution in [-0.2, 0) is 16.1 Å². The second-order valence-electron chi connectivity index (χ2n) is 6.23. The van der Waals surface area contributed by atoms with Crippen molar-refractivity contribution in [1.29, 1.82) is 0 Å². The maximum absolute atomic E-state index is 12.4. The molecule has 2 heterocycles. The van der Waals surface area contributed by atoms with Crippen molar-refractivity contribution < 1.29 is 9.59 Å². The first kappa shape index (κ1) is 16.2. The van der Waals surface area contributed by atoms with E-state index in [9.17, 15) is 9.59 Å². The van der Waals surface area contributed by atoms with E-state index in [0.717, 1.165) is 23.7 Å². The minimum absolute atomic E-state index is 0.0169. The fourth-order valence-electron chi connectivity index (χ4n) is 2.80. The van der Waals surface area contributed by atoms with Crippen LogP contribution in [0.15, 0.2) is 28.4 Å². The molecule has 1 aliphatic carbocycles. The zero-order valence-corrected chi connectivity index (χ0v) is 13.8. The number of carbonyl (C=O) groups excluding carboxylic acids is 2. The molecule has 24 heavy (non-hydrogen) atoms. The summed E-state index contributed by atoms with van der Waals surface area (Å²) in [5.41, 5.74) is 4.08. The minimum atomic E-state index is -0.229. The van der Waals surface area contributed by atoms with E-state index in [1.807, 2.05) is 23.9 Å². The van der Waals surface area contributed by atoms with Crippen LogP contribution in [0.4, 0.5) is 0 Å². The Hall–Kier alpha value is -2.71. The van der Waals surface area contributed by atoms with Crippen molar-refractivity contribution in [3.63, 3.8) is 0 Å². The zero-order chi connectivity index (χ0) is 17.1. The topological polar surface area (TPSA) is 104 Å². The molecule has 0 bridgehead atoms. The van der Waals surface area contributed by atoms with Crippen LogP contribution in [-0.4, -0.2) is 40.2 Å². The molecule has 9 nitrogen and oxygen atoms in total. The third kappa shape index (κ3) is 3.61. The standard InChI is InChI=1S/C15H21N7O2/c1-10-7-12(13-5-6-22(18-13)8-11-3-4-11)14(15(24)17-10)21(2)20-19-16-9-23/h5-6,9-11H,3-4,7-8H2,1-2H3,(H,17,24)(H,16,20,23). The highest BCUT2D eigenvalue weighted by Crippen LogP contribution is 2.32. The van der Waals surface area contributed by atoms with E-state index in [2.05, 4.69) is 26.3 Å². The average Bonchev–Trinajstić information content (AvgIpc) is 3.21. The molecular weight excluding hydrogens is 310 g/mol. The molecule has 1 saturated carbocycles. The SMILES string of the molecule is CC1CC(c2ccn(CC3CC3)n2)=C(N(C)/N=N\NC=O)C(=O)N1. The Morgan fingerprint density at radius 3 is 3.04 bits per heavy atom. The van der Waals surface area contributed by atoms with Crippen LogP contribution < -0.4 is 10.7 Å². The maximum Gasteiger partial charge on any atom is 0.270 e. The number of amides is 2. The maximum atomic E-state index is 12.4. The molecule has 1 atom stereocenters. The van der Waals surface area contributed by atoms with Gasteiger partial charge in [-0.1, -0.05) is 0 Å². The highest BCUT2D eigenvalue weighted by atomic mass is 16.2. The highest BCUT2D eigenvalue weighted by molar-refractivity contribution is 6.02. The number of hydrogen-bond donors (Lipinski definition) is 2. The van der Waals surface area contributed by atoms with Gasteiger partial charge in [-0.2, -0.15) is 5.10 Å². The lowest BCUT2D eigenvalue weighted by Gasteiger charge is -2.27. The number of nitrogens with zero attached hydrogens (tertiary/aromatic N) is 5. The fraction of sp³-hybridized carbons (Fsp3) is 0.533. The van der Waals surface area contributed by atoms with Gasteiger partial charge in [-0.3, -0.25) is 14.3 Å². The molecule has 0 aromatic carbocycles. The van der Waals surface area contributed by atoms with Gasteiger partial charge in [0.25, 0.3) is 5.91 Å². The van der Waals surface area contributed by atoms with Gasteiger partial charge in [-0.05, 0) is 48.6 Å². The van der Waals surface area contributed by atoms with Gasteiger partial charge in [0.15, 0.2) is 0 Å². The largest absolute Gasteiger partial charge is 0.348 e. The van der Waals surface area contributed by atoms with E-state index in [-0.39, 0.29) is 11.9 Å². The molecule has 1 unspecified atom stereocenters. The number of carbonyl (C=O) groups is 2. The summed E-state index contributed by atoms with van der Waals surface area (Å²) < 4.78 is 1.93. The number of hydrogen-bond acceptors (Lipinski definition) is 5. The Morgan fingerprint density at radius 1 is 1.54 bits per heavy atom. The first-order chi connectivity index (χ1) is 11.6. The van der Waals surface area contributed by atoms with E-state index in [1.54, 1.807) is 7.05 Å². The molecule has 1 aromatic heterocycles. The first-order valence-electron chi connectivity index (χ1n) is 8.00. The fourth-order valence-corrected chi connectivity index (χ4v) is 2.80. The summed E-state index contributed by atoms with van der Waals surface area (Å²) in [6.07, 6.45) is 5.54. The Kier molecular flexibility index (Phi) is 4.59. The van der Waals surface area contributed by atoms with Crippen molar-refractivity contribution in [2.75, 3.05) is 7.05 Å². The van der Waals surface area contributed by atoms with Gasteiger partial charge >= 0.3 is 0 Å². The third-order valence-corrected chi connectivity index (χ3v) is 4.09. The molecule has 1 fully saturated rings. The quantitative estimate of drug-likeness (QED) is 0.439. The summed E-state index contributed by atoms with van der Waals surface area (Å²) in [5, 5.41) is 16.2. The van der Waals surface area contributed by atoms with Crippen LogP contribution in [0.1, 0.15) is 31.9 Å². The van der Waals surface area contributed by atoms with Crippen molar-refractivity contribution in [2.45, 2.75) is 38.8 Å². The molecule has 0 saturated heterocycles. The lowest BCUT2D eigenvalue weighted by atomic mass is 9.97. The van der Waals surface area contributed by atoms with Crippen LogP contribution in [0.2, 0.25) is 0 Å². The van der Waals surface area contributed by atoms with Gasteiger partial charge in [-0.25, -0.2) is 10.4 Å². The van der Waals surface area contributed by atoms with Crippen LogP contribution in [0, 0.1) is 5.92 Å². The van der Waals surface area contributed by atoms with Gasteiger partial charge in [0, 0.05) is 31.4 Å². The molecule has 2 N–H and O–H groups in total. The van der Waals surface area contributed by atoms with Gasteiger partial charge in [-0.15, -0.1) is 0 Å². The van der Waals surface area contributed by atoms with E-state index in [1.165, 1.54) is 17.9 Å². The van der Waals surface area contributed by atoms with Crippen LogP contribution in [0.25, 0.3) is 5.57 Å². The molecule has 1 aromatic rings. The van der Waals surface area contributed by atoms with Gasteiger partial charge in [0.2, 0.25) is 6.41 Å². The van der Waals surface area contributed by atoms with Crippen LogP contribution in [0.5, 0.6) is 0 Å². The third-order valence-electron chi connectivity index (χ3n) is 4.09. The van der Waals surface area contributed by atoms with E-state index in [0.29, 0.717) is 18.5 Å². The number of rotatable bonds is 7.